The number of nitrogens with zero attached hydrogens (tertiary/aromatic N) is 1. The quantitative estimate of drug-likeness (QED) is 0.761. The molecule has 2 N–H and O–H groups in total. The fourth-order valence-electron chi connectivity index (χ4n) is 2.22. The lowest BCUT2D eigenvalue weighted by Crippen LogP contribution is -2.11. The fourth-order valence-corrected chi connectivity index (χ4v) is 2.22. The molecule has 2 aromatic carbocycles. The number of rotatable bonds is 4. The van der Waals surface area contributed by atoms with Crippen LogP contribution in [0.15, 0.2) is 42.5 Å². The Hall–Kier alpha value is -2.20. The van der Waals surface area contributed by atoms with Crippen LogP contribution in [-0.4, -0.2) is 16.5 Å². The molecule has 0 amide bonds. The van der Waals surface area contributed by atoms with Crippen molar-refractivity contribution in [3.8, 4) is 11.4 Å². The molecule has 0 aliphatic heterocycles. The molecule has 0 spiro atoms. The Morgan fingerprint density at radius 1 is 1.20 bits per heavy atom. The van der Waals surface area contributed by atoms with E-state index in [2.05, 4.69) is 28.3 Å². The van der Waals surface area contributed by atoms with Crippen LogP contribution in [0.2, 0.25) is 0 Å². The largest absolute Gasteiger partial charge is 0.338 e. The molecule has 20 heavy (non-hydrogen) atoms. The van der Waals surface area contributed by atoms with Gasteiger partial charge in [0, 0.05) is 6.54 Å². The van der Waals surface area contributed by atoms with Crippen LogP contribution in [-0.2, 0) is 6.54 Å². The average molecular weight is 269 g/mol. The first-order valence-corrected chi connectivity index (χ1v) is 6.72. The monoisotopic (exact) mass is 269 g/mol. The summed E-state index contributed by atoms with van der Waals surface area (Å²) in [5.74, 6) is 0.304. The number of nitrogens with one attached hydrogen (secondary N) is 2. The number of hydrogen-bond donors (Lipinski definition) is 2. The number of imidazole rings is 1. The van der Waals surface area contributed by atoms with Gasteiger partial charge in [-0.05, 0) is 36.4 Å². The van der Waals surface area contributed by atoms with Crippen LogP contribution in [0.1, 0.15) is 12.5 Å². The van der Waals surface area contributed by atoms with Crippen LogP contribution in [0.3, 0.4) is 0 Å². The number of hydrogen-bond acceptors (Lipinski definition) is 2. The second-order valence-corrected chi connectivity index (χ2v) is 4.70. The molecule has 3 rings (SSSR count). The van der Waals surface area contributed by atoms with Gasteiger partial charge in [0.05, 0.1) is 16.6 Å². The van der Waals surface area contributed by atoms with Gasteiger partial charge in [0.2, 0.25) is 0 Å². The first-order chi connectivity index (χ1) is 9.78. The van der Waals surface area contributed by atoms with E-state index < -0.39 is 0 Å². The second-order valence-electron chi connectivity index (χ2n) is 4.70. The molecule has 0 aliphatic carbocycles. The molecule has 0 fully saturated rings. The minimum Gasteiger partial charge on any atom is -0.338 e. The first kappa shape index (κ1) is 12.8. The Kier molecular flexibility index (Phi) is 3.48. The lowest BCUT2D eigenvalue weighted by molar-refractivity contribution is 0.630. The average Bonchev–Trinajstić information content (AvgIpc) is 2.88. The van der Waals surface area contributed by atoms with Crippen molar-refractivity contribution in [1.82, 2.24) is 15.3 Å². The SMILES string of the molecule is CCNCc1ccc2nc(-c3ccccc3F)[nH]c2c1. The van der Waals surface area contributed by atoms with Gasteiger partial charge in [0.25, 0.3) is 0 Å². The van der Waals surface area contributed by atoms with E-state index in [0.717, 1.165) is 24.1 Å². The topological polar surface area (TPSA) is 40.7 Å². The van der Waals surface area contributed by atoms with Crippen LogP contribution in [0.5, 0.6) is 0 Å². The zero-order valence-corrected chi connectivity index (χ0v) is 11.3. The molecular formula is C16H16FN3. The van der Waals surface area contributed by atoms with Crippen molar-refractivity contribution in [3.63, 3.8) is 0 Å². The van der Waals surface area contributed by atoms with Crippen molar-refractivity contribution >= 4 is 11.0 Å². The molecule has 0 saturated carbocycles. The number of aromatic nitrogens is 2. The molecule has 0 bridgehead atoms. The van der Waals surface area contributed by atoms with Crippen LogP contribution in [0.25, 0.3) is 22.4 Å². The van der Waals surface area contributed by atoms with E-state index in [1.165, 1.54) is 11.6 Å². The number of H-pyrrole nitrogens is 1. The van der Waals surface area contributed by atoms with Crippen LogP contribution in [0.4, 0.5) is 4.39 Å². The molecular weight excluding hydrogens is 253 g/mol. The minimum atomic E-state index is -0.264. The van der Waals surface area contributed by atoms with Crippen molar-refractivity contribution in [2.75, 3.05) is 6.54 Å². The summed E-state index contributed by atoms with van der Waals surface area (Å²) < 4.78 is 13.8. The number of aromatic amines is 1. The standard InChI is InChI=1S/C16H16FN3/c1-2-18-10-11-7-8-14-15(9-11)20-16(19-14)12-5-3-4-6-13(12)17/h3-9,18H,2,10H2,1H3,(H,19,20). The number of halogens is 1. The summed E-state index contributed by atoms with van der Waals surface area (Å²) in [6.45, 7) is 3.83. The van der Waals surface area contributed by atoms with Gasteiger partial charge in [-0.2, -0.15) is 0 Å². The van der Waals surface area contributed by atoms with E-state index in [4.69, 9.17) is 0 Å². The van der Waals surface area contributed by atoms with Gasteiger partial charge < -0.3 is 10.3 Å². The van der Waals surface area contributed by atoms with Gasteiger partial charge in [0.1, 0.15) is 11.6 Å². The normalized spacial score (nSPS) is 11.1. The summed E-state index contributed by atoms with van der Waals surface area (Å²) in [4.78, 5) is 7.64. The molecule has 0 radical (unpaired) electrons. The van der Waals surface area contributed by atoms with E-state index in [0.29, 0.717) is 11.4 Å². The van der Waals surface area contributed by atoms with Crippen LogP contribution >= 0.6 is 0 Å². The fraction of sp³-hybridized carbons (Fsp3) is 0.188. The molecule has 1 aromatic heterocycles. The van der Waals surface area contributed by atoms with Gasteiger partial charge in [-0.3, -0.25) is 0 Å². The Balaban J connectivity index is 2.00. The minimum absolute atomic E-state index is 0.264. The van der Waals surface area contributed by atoms with Crippen molar-refractivity contribution in [2.45, 2.75) is 13.5 Å². The zero-order valence-electron chi connectivity index (χ0n) is 11.3. The third-order valence-electron chi connectivity index (χ3n) is 3.25. The van der Waals surface area contributed by atoms with Crippen molar-refractivity contribution in [2.24, 2.45) is 0 Å². The van der Waals surface area contributed by atoms with Gasteiger partial charge >= 0.3 is 0 Å². The van der Waals surface area contributed by atoms with E-state index in [1.54, 1.807) is 12.1 Å². The smallest absolute Gasteiger partial charge is 0.141 e. The maximum absolute atomic E-state index is 13.8. The van der Waals surface area contributed by atoms with Gasteiger partial charge in [0.15, 0.2) is 0 Å². The summed E-state index contributed by atoms with van der Waals surface area (Å²) in [7, 11) is 0. The molecule has 102 valence electrons. The Morgan fingerprint density at radius 3 is 2.85 bits per heavy atom. The summed E-state index contributed by atoms with van der Waals surface area (Å²) in [6.07, 6.45) is 0. The number of fused-ring (bicyclic) bond motifs is 1. The van der Waals surface area contributed by atoms with Crippen LogP contribution < -0.4 is 5.32 Å². The Morgan fingerprint density at radius 2 is 2.05 bits per heavy atom. The molecule has 3 aromatic rings. The summed E-state index contributed by atoms with van der Waals surface area (Å²) in [5.41, 5.74) is 3.46. The summed E-state index contributed by atoms with van der Waals surface area (Å²) in [5, 5.41) is 3.28. The van der Waals surface area contributed by atoms with Gasteiger partial charge in [-0.15, -0.1) is 0 Å². The van der Waals surface area contributed by atoms with Gasteiger partial charge in [-0.25, -0.2) is 9.37 Å². The molecule has 1 heterocycles. The highest BCUT2D eigenvalue weighted by Gasteiger charge is 2.09. The Labute approximate surface area is 116 Å². The summed E-state index contributed by atoms with van der Waals surface area (Å²) >= 11 is 0. The molecule has 0 unspecified atom stereocenters. The maximum Gasteiger partial charge on any atom is 0.141 e. The van der Waals surface area contributed by atoms with E-state index in [-0.39, 0.29) is 5.82 Å². The van der Waals surface area contributed by atoms with Crippen molar-refractivity contribution in [1.29, 1.82) is 0 Å². The molecule has 4 heteroatoms. The first-order valence-electron chi connectivity index (χ1n) is 6.72. The highest BCUT2D eigenvalue weighted by molar-refractivity contribution is 5.80. The maximum atomic E-state index is 13.8. The van der Waals surface area contributed by atoms with Crippen molar-refractivity contribution in [3.05, 3.63) is 53.8 Å². The third-order valence-corrected chi connectivity index (χ3v) is 3.25. The number of benzene rings is 2. The lowest BCUT2D eigenvalue weighted by Gasteiger charge is -2.01. The highest BCUT2D eigenvalue weighted by atomic mass is 19.1. The Bertz CT molecular complexity index is 733. The van der Waals surface area contributed by atoms with E-state index >= 15 is 0 Å². The van der Waals surface area contributed by atoms with E-state index in [9.17, 15) is 4.39 Å². The molecule has 0 aliphatic rings. The highest BCUT2D eigenvalue weighted by Crippen LogP contribution is 2.23. The van der Waals surface area contributed by atoms with E-state index in [1.807, 2.05) is 18.2 Å². The van der Waals surface area contributed by atoms with Crippen molar-refractivity contribution < 1.29 is 4.39 Å². The molecule has 0 atom stereocenters. The molecule has 0 saturated heterocycles. The summed E-state index contributed by atoms with van der Waals surface area (Å²) in [6, 6.07) is 12.7. The van der Waals surface area contributed by atoms with Gasteiger partial charge in [-0.1, -0.05) is 25.1 Å². The van der Waals surface area contributed by atoms with Crippen LogP contribution in [0, 0.1) is 5.82 Å². The third kappa shape index (κ3) is 2.42. The lowest BCUT2D eigenvalue weighted by atomic mass is 10.2. The zero-order chi connectivity index (χ0) is 13.9. The second kappa shape index (κ2) is 5.43. The molecule has 3 nitrogen and oxygen atoms in total. The predicted molar refractivity (Wildman–Crippen MR) is 78.9 cm³/mol. The predicted octanol–water partition coefficient (Wildman–Crippen LogP) is 3.48.